The number of aryl methyl sites for hydroxylation is 1. The zero-order valence-electron chi connectivity index (χ0n) is 15.9. The van der Waals surface area contributed by atoms with Gasteiger partial charge in [-0.2, -0.15) is 0 Å². The Morgan fingerprint density at radius 2 is 2.10 bits per heavy atom. The number of carbonyl (C=O) groups is 1. The van der Waals surface area contributed by atoms with Crippen molar-refractivity contribution in [2.75, 3.05) is 5.32 Å². The first-order valence-corrected chi connectivity index (χ1v) is 10.4. The number of nitrogens with zero attached hydrogens (tertiary/aromatic N) is 2. The van der Waals surface area contributed by atoms with E-state index in [0.29, 0.717) is 33.5 Å². The monoisotopic (exact) mass is 422 g/mol. The van der Waals surface area contributed by atoms with Crippen LogP contribution in [0.4, 0.5) is 5.69 Å². The summed E-state index contributed by atoms with van der Waals surface area (Å²) in [7, 11) is 0. The van der Waals surface area contributed by atoms with Crippen molar-refractivity contribution in [2.24, 2.45) is 0 Å². The van der Waals surface area contributed by atoms with Gasteiger partial charge >= 0.3 is 0 Å². The van der Waals surface area contributed by atoms with E-state index < -0.39 is 0 Å². The van der Waals surface area contributed by atoms with Gasteiger partial charge in [-0.25, -0.2) is 4.98 Å². The number of amides is 1. The van der Waals surface area contributed by atoms with Gasteiger partial charge < -0.3 is 10.3 Å². The second-order valence-electron chi connectivity index (χ2n) is 6.53. The molecule has 0 aliphatic carbocycles. The first-order valence-electron chi connectivity index (χ1n) is 9.07. The number of carbonyl (C=O) groups excluding carboxylic acids is 1. The molecule has 0 aliphatic heterocycles. The van der Waals surface area contributed by atoms with E-state index in [1.165, 1.54) is 4.57 Å². The molecule has 8 heteroatoms. The second-order valence-corrected chi connectivity index (χ2v) is 7.98. The van der Waals surface area contributed by atoms with Crippen molar-refractivity contribution in [2.45, 2.75) is 20.4 Å². The van der Waals surface area contributed by atoms with Gasteiger partial charge in [-0.1, -0.05) is 12.1 Å². The Morgan fingerprint density at radius 3 is 2.83 bits per heavy atom. The molecule has 29 heavy (non-hydrogen) atoms. The number of rotatable bonds is 4. The van der Waals surface area contributed by atoms with E-state index in [9.17, 15) is 9.59 Å². The SMILES string of the molecule is CCn1c(=S)[nH]c2cc(C(=O)Nc3cccc(-c4csc(C)n4)c3)ccc2c1=O. The predicted molar refractivity (Wildman–Crippen MR) is 119 cm³/mol. The van der Waals surface area contributed by atoms with Gasteiger partial charge in [-0.3, -0.25) is 14.2 Å². The summed E-state index contributed by atoms with van der Waals surface area (Å²) >= 11 is 6.83. The van der Waals surface area contributed by atoms with Crippen LogP contribution in [-0.2, 0) is 6.54 Å². The minimum Gasteiger partial charge on any atom is -0.332 e. The smallest absolute Gasteiger partial charge is 0.262 e. The third-order valence-corrected chi connectivity index (χ3v) is 5.69. The van der Waals surface area contributed by atoms with Gasteiger partial charge in [0, 0.05) is 28.7 Å². The molecule has 4 aromatic rings. The van der Waals surface area contributed by atoms with Crippen molar-refractivity contribution in [1.29, 1.82) is 0 Å². The molecule has 2 aromatic carbocycles. The molecule has 2 aromatic heterocycles. The fraction of sp³-hybridized carbons (Fsp3) is 0.143. The van der Waals surface area contributed by atoms with Gasteiger partial charge in [0.1, 0.15) is 0 Å². The van der Waals surface area contributed by atoms with Gasteiger partial charge in [0.2, 0.25) is 0 Å². The molecule has 0 atom stereocenters. The highest BCUT2D eigenvalue weighted by atomic mass is 32.1. The number of thiazole rings is 1. The second kappa shape index (κ2) is 7.73. The number of benzene rings is 2. The number of H-pyrrole nitrogens is 1. The van der Waals surface area contributed by atoms with Crippen molar-refractivity contribution in [1.82, 2.24) is 14.5 Å². The predicted octanol–water partition coefficient (Wildman–Crippen LogP) is 4.76. The summed E-state index contributed by atoms with van der Waals surface area (Å²) in [6, 6.07) is 12.5. The van der Waals surface area contributed by atoms with Crippen LogP contribution in [0.2, 0.25) is 0 Å². The van der Waals surface area contributed by atoms with E-state index in [-0.39, 0.29) is 11.5 Å². The Labute approximate surface area is 175 Å². The molecule has 0 radical (unpaired) electrons. The van der Waals surface area contributed by atoms with Crippen LogP contribution in [0, 0.1) is 11.7 Å². The van der Waals surface area contributed by atoms with E-state index in [1.54, 1.807) is 29.5 Å². The van der Waals surface area contributed by atoms with Crippen molar-refractivity contribution < 1.29 is 4.79 Å². The van der Waals surface area contributed by atoms with Crippen molar-refractivity contribution in [3.63, 3.8) is 0 Å². The molecule has 0 bridgehead atoms. The zero-order chi connectivity index (χ0) is 20.5. The molecule has 2 heterocycles. The van der Waals surface area contributed by atoms with Gasteiger partial charge in [0.25, 0.3) is 11.5 Å². The van der Waals surface area contributed by atoms with E-state index in [0.717, 1.165) is 16.3 Å². The Balaban J connectivity index is 1.64. The number of anilines is 1. The number of nitrogens with one attached hydrogen (secondary N) is 2. The summed E-state index contributed by atoms with van der Waals surface area (Å²) in [4.78, 5) is 32.8. The number of hydrogen-bond acceptors (Lipinski definition) is 5. The minimum atomic E-state index is -0.266. The third kappa shape index (κ3) is 3.76. The van der Waals surface area contributed by atoms with E-state index in [2.05, 4.69) is 15.3 Å². The molecule has 0 unspecified atom stereocenters. The number of fused-ring (bicyclic) bond motifs is 1. The van der Waals surface area contributed by atoms with Crippen LogP contribution >= 0.6 is 23.6 Å². The molecule has 0 fully saturated rings. The highest BCUT2D eigenvalue weighted by Crippen LogP contribution is 2.24. The average molecular weight is 423 g/mol. The van der Waals surface area contributed by atoms with Crippen molar-refractivity contribution >= 4 is 46.1 Å². The number of aromatic amines is 1. The van der Waals surface area contributed by atoms with Crippen LogP contribution in [0.5, 0.6) is 0 Å². The molecule has 4 rings (SSSR count). The summed E-state index contributed by atoms with van der Waals surface area (Å²) in [5, 5.41) is 6.38. The summed E-state index contributed by atoms with van der Waals surface area (Å²) in [6.07, 6.45) is 0. The van der Waals surface area contributed by atoms with Gasteiger partial charge in [-0.05, 0) is 56.4 Å². The van der Waals surface area contributed by atoms with Crippen LogP contribution in [0.3, 0.4) is 0 Å². The fourth-order valence-electron chi connectivity index (χ4n) is 3.14. The molecule has 2 N–H and O–H groups in total. The fourth-order valence-corrected chi connectivity index (χ4v) is 4.08. The minimum absolute atomic E-state index is 0.163. The van der Waals surface area contributed by atoms with Crippen LogP contribution in [0.15, 0.2) is 52.6 Å². The molecule has 0 saturated heterocycles. The largest absolute Gasteiger partial charge is 0.332 e. The number of aromatic nitrogens is 3. The topological polar surface area (TPSA) is 79.8 Å². The Hall–Kier alpha value is -3.10. The zero-order valence-corrected chi connectivity index (χ0v) is 17.5. The van der Waals surface area contributed by atoms with Gasteiger partial charge in [0.05, 0.1) is 21.6 Å². The molecule has 146 valence electrons. The summed E-state index contributed by atoms with van der Waals surface area (Å²) < 4.78 is 1.83. The lowest BCUT2D eigenvalue weighted by atomic mass is 10.1. The van der Waals surface area contributed by atoms with E-state index >= 15 is 0 Å². The normalized spacial score (nSPS) is 11.0. The lowest BCUT2D eigenvalue weighted by molar-refractivity contribution is 0.102. The first kappa shape index (κ1) is 19.2. The van der Waals surface area contributed by atoms with Crippen LogP contribution in [0.1, 0.15) is 22.3 Å². The average Bonchev–Trinajstić information content (AvgIpc) is 3.14. The summed E-state index contributed by atoms with van der Waals surface area (Å²) in [6.45, 7) is 4.31. The van der Waals surface area contributed by atoms with Crippen molar-refractivity contribution in [3.8, 4) is 11.3 Å². The molecular weight excluding hydrogens is 404 g/mol. The summed E-state index contributed by atoms with van der Waals surface area (Å²) in [5.74, 6) is -0.266. The molecule has 1 amide bonds. The Morgan fingerprint density at radius 1 is 1.28 bits per heavy atom. The van der Waals surface area contributed by atoms with Crippen molar-refractivity contribution in [3.05, 3.63) is 73.5 Å². The van der Waals surface area contributed by atoms with Crippen LogP contribution in [0.25, 0.3) is 22.2 Å². The maximum Gasteiger partial charge on any atom is 0.262 e. The highest BCUT2D eigenvalue weighted by Gasteiger charge is 2.11. The van der Waals surface area contributed by atoms with Gasteiger partial charge in [-0.15, -0.1) is 11.3 Å². The summed E-state index contributed by atoms with van der Waals surface area (Å²) in [5.41, 5.74) is 3.32. The Bertz CT molecular complexity index is 1350. The van der Waals surface area contributed by atoms with E-state index in [1.807, 2.05) is 43.5 Å². The molecule has 0 aliphatic rings. The van der Waals surface area contributed by atoms with Crippen LogP contribution < -0.4 is 10.9 Å². The van der Waals surface area contributed by atoms with Gasteiger partial charge in [0.15, 0.2) is 4.77 Å². The molecular formula is C21H18N4O2S2. The molecule has 0 spiro atoms. The maximum absolute atomic E-state index is 12.8. The lowest BCUT2D eigenvalue weighted by Crippen LogP contribution is -2.21. The van der Waals surface area contributed by atoms with E-state index in [4.69, 9.17) is 12.2 Å². The third-order valence-electron chi connectivity index (χ3n) is 4.60. The maximum atomic E-state index is 12.8. The molecule has 0 saturated carbocycles. The quantitative estimate of drug-likeness (QED) is 0.465. The number of hydrogen-bond donors (Lipinski definition) is 2. The molecule has 6 nitrogen and oxygen atoms in total. The Kier molecular flexibility index (Phi) is 5.12. The first-order chi connectivity index (χ1) is 14.0. The standard InChI is InChI=1S/C21H18N4O2S2/c1-3-25-20(27)16-8-7-14(10-17(16)24-21(25)28)19(26)23-15-6-4-5-13(9-15)18-11-29-12(2)22-18/h4-11H,3H2,1-2H3,(H,23,26)(H,24,28). The lowest BCUT2D eigenvalue weighted by Gasteiger charge is -2.09. The van der Waals surface area contributed by atoms with Crippen LogP contribution in [-0.4, -0.2) is 20.4 Å². The highest BCUT2D eigenvalue weighted by molar-refractivity contribution is 7.71.